The molecule has 0 atom stereocenters. The summed E-state index contributed by atoms with van der Waals surface area (Å²) in [5.74, 6) is 0.143. The number of carbonyl (C=O) groups excluding carboxylic acids is 1. The van der Waals surface area contributed by atoms with E-state index in [1.54, 1.807) is 18.2 Å². The third-order valence-corrected chi connectivity index (χ3v) is 4.29. The minimum Gasteiger partial charge on any atom is -0.489 e. The molecule has 0 aliphatic carbocycles. The van der Waals surface area contributed by atoms with Gasteiger partial charge in [0.25, 0.3) is 5.91 Å². The van der Waals surface area contributed by atoms with E-state index in [1.165, 1.54) is 12.1 Å². The first-order valence-electron chi connectivity index (χ1n) is 7.36. The first-order valence-corrected chi connectivity index (χ1v) is 8.53. The van der Waals surface area contributed by atoms with E-state index in [-0.39, 0.29) is 18.3 Å². The Hall–Kier alpha value is -1.79. The Morgan fingerprint density at radius 2 is 2.04 bits per heavy atom. The van der Waals surface area contributed by atoms with Crippen LogP contribution in [0.15, 0.2) is 34.8 Å². The van der Waals surface area contributed by atoms with Crippen LogP contribution >= 0.6 is 27.5 Å². The van der Waals surface area contributed by atoms with Gasteiger partial charge in [0.15, 0.2) is 11.5 Å². The van der Waals surface area contributed by atoms with E-state index in [0.29, 0.717) is 40.9 Å². The summed E-state index contributed by atoms with van der Waals surface area (Å²) in [6, 6.07) is 7.66. The number of hydrogen-bond acceptors (Lipinski definition) is 3. The maximum atomic E-state index is 13.7. The first-order chi connectivity index (χ1) is 11.5. The predicted octanol–water partition coefficient (Wildman–Crippen LogP) is 4.33. The van der Waals surface area contributed by atoms with Gasteiger partial charge >= 0.3 is 0 Å². The molecule has 126 valence electrons. The van der Waals surface area contributed by atoms with Crippen LogP contribution in [0.3, 0.4) is 0 Å². The molecular weight excluding hydrogens is 401 g/mol. The van der Waals surface area contributed by atoms with E-state index in [2.05, 4.69) is 21.2 Å². The van der Waals surface area contributed by atoms with Crippen molar-refractivity contribution in [1.82, 2.24) is 5.32 Å². The third kappa shape index (κ3) is 3.82. The molecule has 24 heavy (non-hydrogen) atoms. The normalized spacial score (nSPS) is 13.3. The maximum absolute atomic E-state index is 13.7. The average Bonchev–Trinajstić information content (AvgIpc) is 2.81. The predicted molar refractivity (Wildman–Crippen MR) is 92.3 cm³/mol. The summed E-state index contributed by atoms with van der Waals surface area (Å²) in [4.78, 5) is 12.3. The quantitative estimate of drug-likeness (QED) is 0.813. The smallest absolute Gasteiger partial charge is 0.251 e. The number of carbonyl (C=O) groups is 1. The second-order valence-electron chi connectivity index (χ2n) is 5.25. The minimum atomic E-state index is -0.379. The zero-order valence-corrected chi connectivity index (χ0v) is 14.9. The Balaban J connectivity index is 1.76. The second kappa shape index (κ2) is 7.40. The standard InChI is InChI=1S/C17H14BrClFNO3/c18-12-2-3-14(20)11(6-12)9-21-17(22)10-7-13(19)16-15(8-10)23-4-1-5-24-16/h2-3,6-8H,1,4-5,9H2,(H,21,22). The van der Waals surface area contributed by atoms with Crippen molar-refractivity contribution >= 4 is 33.4 Å². The zero-order chi connectivity index (χ0) is 17.1. The molecule has 0 unspecified atom stereocenters. The Morgan fingerprint density at radius 1 is 1.25 bits per heavy atom. The highest BCUT2D eigenvalue weighted by molar-refractivity contribution is 9.10. The van der Waals surface area contributed by atoms with Gasteiger partial charge in [-0.05, 0) is 30.3 Å². The number of hydrogen-bond donors (Lipinski definition) is 1. The molecule has 0 fully saturated rings. The second-order valence-corrected chi connectivity index (χ2v) is 6.58. The molecule has 0 saturated carbocycles. The van der Waals surface area contributed by atoms with Crippen LogP contribution in [0.2, 0.25) is 5.02 Å². The molecule has 0 radical (unpaired) electrons. The van der Waals surface area contributed by atoms with E-state index in [0.717, 1.165) is 10.9 Å². The van der Waals surface area contributed by atoms with E-state index >= 15 is 0 Å². The van der Waals surface area contributed by atoms with Crippen molar-refractivity contribution < 1.29 is 18.7 Å². The van der Waals surface area contributed by atoms with E-state index < -0.39 is 0 Å². The summed E-state index contributed by atoms with van der Waals surface area (Å²) in [5, 5.41) is 2.99. The minimum absolute atomic E-state index is 0.0656. The summed E-state index contributed by atoms with van der Waals surface area (Å²) in [7, 11) is 0. The molecule has 1 N–H and O–H groups in total. The Labute approximate surface area is 152 Å². The number of fused-ring (bicyclic) bond motifs is 1. The summed E-state index contributed by atoms with van der Waals surface area (Å²) in [6.45, 7) is 1.08. The lowest BCUT2D eigenvalue weighted by Gasteiger charge is -2.12. The molecule has 3 rings (SSSR count). The van der Waals surface area contributed by atoms with Gasteiger partial charge in [-0.25, -0.2) is 4.39 Å². The number of amides is 1. The molecule has 1 aliphatic rings. The van der Waals surface area contributed by atoms with Crippen molar-refractivity contribution in [1.29, 1.82) is 0 Å². The summed E-state index contributed by atoms with van der Waals surface area (Å²) in [5.41, 5.74) is 0.720. The number of rotatable bonds is 3. The van der Waals surface area contributed by atoms with Crippen molar-refractivity contribution in [3.05, 3.63) is 56.8 Å². The van der Waals surface area contributed by atoms with Crippen LogP contribution in [0.1, 0.15) is 22.3 Å². The summed E-state index contributed by atoms with van der Waals surface area (Å²) in [6.07, 6.45) is 0.745. The monoisotopic (exact) mass is 413 g/mol. The number of nitrogens with one attached hydrogen (secondary N) is 1. The van der Waals surface area contributed by atoms with Crippen molar-refractivity contribution in [2.24, 2.45) is 0 Å². The van der Waals surface area contributed by atoms with Gasteiger partial charge in [0.1, 0.15) is 5.82 Å². The fourth-order valence-electron chi connectivity index (χ4n) is 2.32. The van der Waals surface area contributed by atoms with E-state index in [1.807, 2.05) is 0 Å². The molecule has 1 aliphatic heterocycles. The number of halogens is 3. The molecule has 0 bridgehead atoms. The molecule has 1 amide bonds. The average molecular weight is 415 g/mol. The topological polar surface area (TPSA) is 47.6 Å². The summed E-state index contributed by atoms with van der Waals surface area (Å²) >= 11 is 9.46. The zero-order valence-electron chi connectivity index (χ0n) is 12.6. The lowest BCUT2D eigenvalue weighted by Crippen LogP contribution is -2.23. The number of benzene rings is 2. The Morgan fingerprint density at radius 3 is 2.88 bits per heavy atom. The molecule has 2 aromatic rings. The van der Waals surface area contributed by atoms with Crippen molar-refractivity contribution in [2.45, 2.75) is 13.0 Å². The summed E-state index contributed by atoms with van der Waals surface area (Å²) < 4.78 is 25.6. The lowest BCUT2D eigenvalue weighted by molar-refractivity contribution is 0.0950. The molecular formula is C17H14BrClFNO3. The highest BCUT2D eigenvalue weighted by Crippen LogP contribution is 2.38. The third-order valence-electron chi connectivity index (χ3n) is 3.51. The van der Waals surface area contributed by atoms with Crippen molar-refractivity contribution in [3.63, 3.8) is 0 Å². The van der Waals surface area contributed by atoms with Crippen LogP contribution in [0.25, 0.3) is 0 Å². The fourth-order valence-corrected chi connectivity index (χ4v) is 2.99. The molecule has 0 saturated heterocycles. The Bertz CT molecular complexity index is 785. The lowest BCUT2D eigenvalue weighted by atomic mass is 10.1. The first kappa shape index (κ1) is 17.0. The van der Waals surface area contributed by atoms with E-state index in [4.69, 9.17) is 21.1 Å². The van der Waals surface area contributed by atoms with Crippen LogP contribution in [0.5, 0.6) is 11.5 Å². The van der Waals surface area contributed by atoms with Crippen LogP contribution < -0.4 is 14.8 Å². The van der Waals surface area contributed by atoms with Crippen LogP contribution in [-0.4, -0.2) is 19.1 Å². The van der Waals surface area contributed by atoms with Crippen LogP contribution in [-0.2, 0) is 6.54 Å². The fraction of sp³-hybridized carbons (Fsp3) is 0.235. The molecule has 7 heteroatoms. The largest absolute Gasteiger partial charge is 0.489 e. The van der Waals surface area contributed by atoms with Gasteiger partial charge in [0.2, 0.25) is 0 Å². The number of ether oxygens (including phenoxy) is 2. The van der Waals surface area contributed by atoms with Crippen LogP contribution in [0, 0.1) is 5.82 Å². The highest BCUT2D eigenvalue weighted by Gasteiger charge is 2.18. The maximum Gasteiger partial charge on any atom is 0.251 e. The van der Waals surface area contributed by atoms with E-state index in [9.17, 15) is 9.18 Å². The van der Waals surface area contributed by atoms with Crippen molar-refractivity contribution in [3.8, 4) is 11.5 Å². The molecule has 0 spiro atoms. The van der Waals surface area contributed by atoms with Gasteiger partial charge in [-0.1, -0.05) is 27.5 Å². The van der Waals surface area contributed by atoms with Gasteiger partial charge < -0.3 is 14.8 Å². The molecule has 1 heterocycles. The van der Waals surface area contributed by atoms with Gasteiger partial charge in [0, 0.05) is 28.6 Å². The molecule has 4 nitrogen and oxygen atoms in total. The van der Waals surface area contributed by atoms with Gasteiger partial charge in [0.05, 0.1) is 18.2 Å². The van der Waals surface area contributed by atoms with Crippen molar-refractivity contribution in [2.75, 3.05) is 13.2 Å². The SMILES string of the molecule is O=C(NCc1cc(Br)ccc1F)c1cc(Cl)c2c(c1)OCCCO2. The highest BCUT2D eigenvalue weighted by atomic mass is 79.9. The van der Waals surface area contributed by atoms with Gasteiger partial charge in [-0.2, -0.15) is 0 Å². The van der Waals surface area contributed by atoms with Crippen LogP contribution in [0.4, 0.5) is 4.39 Å². The molecule has 0 aromatic heterocycles. The Kier molecular flexibility index (Phi) is 5.26. The molecule has 2 aromatic carbocycles. The van der Waals surface area contributed by atoms with Gasteiger partial charge in [-0.15, -0.1) is 0 Å². The van der Waals surface area contributed by atoms with Gasteiger partial charge in [-0.3, -0.25) is 4.79 Å².